The lowest BCUT2D eigenvalue weighted by Gasteiger charge is -2.27. The van der Waals surface area contributed by atoms with Crippen LogP contribution in [0.15, 0.2) is 52.3 Å². The van der Waals surface area contributed by atoms with E-state index in [1.54, 1.807) is 50.4 Å². The van der Waals surface area contributed by atoms with Crippen molar-refractivity contribution in [3.8, 4) is 5.75 Å². The van der Waals surface area contributed by atoms with Gasteiger partial charge in [-0.05, 0) is 42.5 Å². The number of hydrogen-bond acceptors (Lipinski definition) is 7. The Bertz CT molecular complexity index is 1160. The fourth-order valence-corrected chi connectivity index (χ4v) is 6.26. The Morgan fingerprint density at radius 2 is 1.88 bits per heavy atom. The van der Waals surface area contributed by atoms with Gasteiger partial charge in [-0.15, -0.1) is 11.8 Å². The number of nitrogens with one attached hydrogen (secondary N) is 1. The number of carbonyl (C=O) groups excluding carboxylic acids is 2. The van der Waals surface area contributed by atoms with E-state index < -0.39 is 10.0 Å². The minimum atomic E-state index is -3.75. The lowest BCUT2D eigenvalue weighted by Crippen LogP contribution is -2.42. The normalized spacial score (nSPS) is 19.3. The van der Waals surface area contributed by atoms with E-state index >= 15 is 0 Å². The van der Waals surface area contributed by atoms with Gasteiger partial charge < -0.3 is 19.7 Å². The van der Waals surface area contributed by atoms with Crippen LogP contribution in [-0.4, -0.2) is 70.2 Å². The maximum absolute atomic E-state index is 13.2. The number of fused-ring (bicyclic) bond motifs is 1. The highest BCUT2D eigenvalue weighted by atomic mass is 32.2. The maximum atomic E-state index is 13.2. The molecule has 0 saturated carbocycles. The van der Waals surface area contributed by atoms with Crippen molar-refractivity contribution in [2.75, 3.05) is 55.9 Å². The van der Waals surface area contributed by atoms with Gasteiger partial charge in [0, 0.05) is 35.3 Å². The van der Waals surface area contributed by atoms with Crippen LogP contribution in [0.25, 0.3) is 0 Å². The van der Waals surface area contributed by atoms with E-state index in [4.69, 9.17) is 9.47 Å². The molecule has 1 saturated heterocycles. The maximum Gasteiger partial charge on any atom is 0.244 e. The molecule has 11 heteroatoms. The van der Waals surface area contributed by atoms with Crippen molar-refractivity contribution in [2.45, 2.75) is 16.7 Å². The minimum Gasteiger partial charge on any atom is -0.497 e. The van der Waals surface area contributed by atoms with Crippen molar-refractivity contribution in [1.82, 2.24) is 4.31 Å². The smallest absolute Gasteiger partial charge is 0.244 e. The number of benzene rings is 2. The van der Waals surface area contributed by atoms with Crippen LogP contribution in [0.4, 0.5) is 11.4 Å². The second-order valence-electron chi connectivity index (χ2n) is 8.06. The molecule has 2 heterocycles. The predicted octanol–water partition coefficient (Wildman–Crippen LogP) is 2.43. The molecule has 2 aliphatic heterocycles. The Kier molecular flexibility index (Phi) is 7.46. The molecule has 2 aliphatic rings. The number of carbonyl (C=O) groups is 2. The molecule has 0 spiro atoms. The second-order valence-corrected chi connectivity index (χ2v) is 11.1. The summed E-state index contributed by atoms with van der Waals surface area (Å²) < 4.78 is 38.2. The Morgan fingerprint density at radius 1 is 1.18 bits per heavy atom. The third-order valence-corrected chi connectivity index (χ3v) is 8.90. The fourth-order valence-electron chi connectivity index (χ4n) is 3.78. The summed E-state index contributed by atoms with van der Waals surface area (Å²) in [5, 5.41) is 2.79. The van der Waals surface area contributed by atoms with Crippen molar-refractivity contribution in [3.63, 3.8) is 0 Å². The third kappa shape index (κ3) is 5.22. The molecule has 182 valence electrons. The van der Waals surface area contributed by atoms with Gasteiger partial charge in [-0.3, -0.25) is 9.59 Å². The highest BCUT2D eigenvalue weighted by molar-refractivity contribution is 7.99. The van der Waals surface area contributed by atoms with Gasteiger partial charge in [0.2, 0.25) is 21.8 Å². The average Bonchev–Trinajstić information content (AvgIpc) is 2.96. The summed E-state index contributed by atoms with van der Waals surface area (Å²) in [6.07, 6.45) is 0. The summed E-state index contributed by atoms with van der Waals surface area (Å²) in [6.45, 7) is 2.81. The van der Waals surface area contributed by atoms with E-state index in [0.29, 0.717) is 36.1 Å². The number of rotatable bonds is 6. The third-order valence-electron chi connectivity index (χ3n) is 5.68. The SMILES string of the molecule is COc1ccc(NC(=O)CN2C(=O)[C@@H](C)CSc3ccc(S(=O)(=O)N4CCOCC4)cc32)cc1. The molecule has 1 atom stereocenters. The van der Waals surface area contributed by atoms with Crippen molar-refractivity contribution >= 4 is 45.0 Å². The summed E-state index contributed by atoms with van der Waals surface area (Å²) in [4.78, 5) is 28.3. The molecule has 1 fully saturated rings. The summed E-state index contributed by atoms with van der Waals surface area (Å²) in [5.74, 6) is 0.264. The largest absolute Gasteiger partial charge is 0.497 e. The number of morpholine rings is 1. The first-order valence-corrected chi connectivity index (χ1v) is 13.3. The van der Waals surface area contributed by atoms with Crippen LogP contribution in [0.2, 0.25) is 0 Å². The van der Waals surface area contributed by atoms with E-state index in [0.717, 1.165) is 4.90 Å². The van der Waals surface area contributed by atoms with Crippen LogP contribution in [-0.2, 0) is 24.3 Å². The van der Waals surface area contributed by atoms with E-state index in [9.17, 15) is 18.0 Å². The number of sulfonamides is 1. The first kappa shape index (κ1) is 24.5. The van der Waals surface area contributed by atoms with Gasteiger partial charge in [0.15, 0.2) is 0 Å². The molecule has 34 heavy (non-hydrogen) atoms. The van der Waals surface area contributed by atoms with Crippen molar-refractivity contribution < 1.29 is 27.5 Å². The lowest BCUT2D eigenvalue weighted by molar-refractivity contribution is -0.123. The number of ether oxygens (including phenoxy) is 2. The molecule has 0 unspecified atom stereocenters. The topological polar surface area (TPSA) is 105 Å². The first-order chi connectivity index (χ1) is 16.3. The Balaban J connectivity index is 1.62. The summed E-state index contributed by atoms with van der Waals surface area (Å²) in [5.41, 5.74) is 0.998. The zero-order chi connectivity index (χ0) is 24.3. The number of anilines is 2. The number of nitrogens with zero attached hydrogens (tertiary/aromatic N) is 2. The van der Waals surface area contributed by atoms with Crippen molar-refractivity contribution in [1.29, 1.82) is 0 Å². The number of amides is 2. The standard InChI is InChI=1S/C23H27N3O6S2/c1-16-15-33-21-8-7-19(34(29,30)25-9-11-32-12-10-25)13-20(21)26(23(16)28)14-22(27)24-17-3-5-18(31-2)6-4-17/h3-8,13,16H,9-12,14-15H2,1-2H3,(H,24,27)/t16-/m0/s1. The van der Waals surface area contributed by atoms with Crippen LogP contribution in [0, 0.1) is 5.92 Å². The molecule has 2 amide bonds. The Hall–Kier alpha value is -2.60. The molecule has 0 radical (unpaired) electrons. The van der Waals surface area contributed by atoms with Gasteiger partial charge in [-0.1, -0.05) is 6.92 Å². The molecular weight excluding hydrogens is 478 g/mol. The number of methoxy groups -OCH3 is 1. The quantitative estimate of drug-likeness (QED) is 0.643. The minimum absolute atomic E-state index is 0.0941. The molecule has 1 N–H and O–H groups in total. The molecule has 0 aromatic heterocycles. The number of hydrogen-bond donors (Lipinski definition) is 1. The van der Waals surface area contributed by atoms with Crippen molar-refractivity contribution in [2.24, 2.45) is 5.92 Å². The highest BCUT2D eigenvalue weighted by Crippen LogP contribution is 2.38. The second kappa shape index (κ2) is 10.3. The van der Waals surface area contributed by atoms with Gasteiger partial charge in [-0.25, -0.2) is 8.42 Å². The van der Waals surface area contributed by atoms with Gasteiger partial charge in [0.1, 0.15) is 12.3 Å². The molecular formula is C23H27N3O6S2. The van der Waals surface area contributed by atoms with Crippen LogP contribution < -0.4 is 15.0 Å². The summed E-state index contributed by atoms with van der Waals surface area (Å²) in [7, 11) is -2.19. The Labute approximate surface area is 203 Å². The molecule has 0 aliphatic carbocycles. The monoisotopic (exact) mass is 505 g/mol. The zero-order valence-electron chi connectivity index (χ0n) is 19.0. The van der Waals surface area contributed by atoms with Crippen LogP contribution >= 0.6 is 11.8 Å². The summed E-state index contributed by atoms with van der Waals surface area (Å²) in [6, 6.07) is 11.7. The molecule has 0 bridgehead atoms. The molecule has 2 aromatic carbocycles. The van der Waals surface area contributed by atoms with Crippen LogP contribution in [0.3, 0.4) is 0 Å². The van der Waals surface area contributed by atoms with Gasteiger partial charge in [0.05, 0.1) is 30.9 Å². The first-order valence-electron chi connectivity index (χ1n) is 10.9. The molecule has 9 nitrogen and oxygen atoms in total. The van der Waals surface area contributed by atoms with E-state index in [-0.39, 0.29) is 42.3 Å². The van der Waals surface area contributed by atoms with E-state index in [2.05, 4.69) is 5.32 Å². The van der Waals surface area contributed by atoms with Crippen LogP contribution in [0.1, 0.15) is 6.92 Å². The van der Waals surface area contributed by atoms with Gasteiger partial charge >= 0.3 is 0 Å². The van der Waals surface area contributed by atoms with Gasteiger partial charge in [0.25, 0.3) is 0 Å². The fraction of sp³-hybridized carbons (Fsp3) is 0.391. The summed E-state index contributed by atoms with van der Waals surface area (Å²) >= 11 is 1.48. The Morgan fingerprint density at radius 3 is 2.56 bits per heavy atom. The predicted molar refractivity (Wildman–Crippen MR) is 130 cm³/mol. The molecule has 2 aromatic rings. The average molecular weight is 506 g/mol. The van der Waals surface area contributed by atoms with Gasteiger partial charge in [-0.2, -0.15) is 4.31 Å². The van der Waals surface area contributed by atoms with Crippen molar-refractivity contribution in [3.05, 3.63) is 42.5 Å². The van der Waals surface area contributed by atoms with Crippen LogP contribution in [0.5, 0.6) is 5.75 Å². The van der Waals surface area contributed by atoms with E-state index in [1.165, 1.54) is 27.0 Å². The van der Waals surface area contributed by atoms with E-state index in [1.807, 2.05) is 0 Å². The zero-order valence-corrected chi connectivity index (χ0v) is 20.7. The number of thioether (sulfide) groups is 1. The highest BCUT2D eigenvalue weighted by Gasteiger charge is 2.32. The lowest BCUT2D eigenvalue weighted by atomic mass is 10.1. The molecule has 4 rings (SSSR count).